The highest BCUT2D eigenvalue weighted by Crippen LogP contribution is 2.25. The van der Waals surface area contributed by atoms with Crippen LogP contribution in [0.5, 0.6) is 5.75 Å². The Hall–Kier alpha value is -1.55. The fourth-order valence-corrected chi connectivity index (χ4v) is 2.76. The van der Waals surface area contributed by atoms with Crippen LogP contribution in [-0.2, 0) is 9.53 Å². The van der Waals surface area contributed by atoms with Gasteiger partial charge in [-0.15, -0.1) is 0 Å². The lowest BCUT2D eigenvalue weighted by atomic mass is 9.98. The molecule has 0 spiro atoms. The molecule has 0 N–H and O–H groups in total. The molecule has 124 valence electrons. The van der Waals surface area contributed by atoms with E-state index in [0.717, 1.165) is 34.9 Å². The molecule has 0 fully saturated rings. The van der Waals surface area contributed by atoms with E-state index in [4.69, 9.17) is 9.47 Å². The van der Waals surface area contributed by atoms with Crippen LogP contribution in [0.3, 0.4) is 0 Å². The Kier molecular flexibility index (Phi) is 6.46. The summed E-state index contributed by atoms with van der Waals surface area (Å²) >= 11 is 3.49. The molecule has 2 aromatic rings. The summed E-state index contributed by atoms with van der Waals surface area (Å²) in [5.74, 6) is 0.404. The predicted molar refractivity (Wildman–Crippen MR) is 97.5 cm³/mol. The van der Waals surface area contributed by atoms with Gasteiger partial charge in [-0.3, -0.25) is 4.79 Å². The summed E-state index contributed by atoms with van der Waals surface area (Å²) in [5, 5.41) is 2.19. The lowest BCUT2D eigenvalue weighted by Crippen LogP contribution is -2.14. The number of ether oxygens (including phenoxy) is 2. The maximum absolute atomic E-state index is 12.2. The normalized spacial score (nSPS) is 13.6. The van der Waals surface area contributed by atoms with Gasteiger partial charge in [-0.2, -0.15) is 0 Å². The van der Waals surface area contributed by atoms with E-state index >= 15 is 0 Å². The molecule has 0 amide bonds. The Bertz CT molecular complexity index is 667. The minimum atomic E-state index is -0.261. The third kappa shape index (κ3) is 4.96. The van der Waals surface area contributed by atoms with Crippen molar-refractivity contribution in [1.29, 1.82) is 0 Å². The smallest absolute Gasteiger partial charge is 0.313 e. The number of carbonyl (C=O) groups excluding carboxylic acids is 1. The summed E-state index contributed by atoms with van der Waals surface area (Å²) in [5.41, 5.74) is 0.974. The first-order chi connectivity index (χ1) is 11.0. The van der Waals surface area contributed by atoms with Crippen LogP contribution in [0.4, 0.5) is 0 Å². The number of fused-ring (bicyclic) bond motifs is 1. The van der Waals surface area contributed by atoms with E-state index in [1.807, 2.05) is 43.3 Å². The van der Waals surface area contributed by atoms with Crippen LogP contribution in [0.15, 0.2) is 36.4 Å². The SMILES string of the molecule is COc1ccc2cc([C@@H](C)C(=O)OCCCC(C)Br)ccc2c1. The molecule has 0 bridgehead atoms. The highest BCUT2D eigenvalue weighted by Gasteiger charge is 2.17. The summed E-state index contributed by atoms with van der Waals surface area (Å²) in [6.07, 6.45) is 1.88. The van der Waals surface area contributed by atoms with Crippen molar-refractivity contribution in [2.75, 3.05) is 13.7 Å². The van der Waals surface area contributed by atoms with Gasteiger partial charge in [0.1, 0.15) is 5.75 Å². The number of halogens is 1. The van der Waals surface area contributed by atoms with E-state index in [0.29, 0.717) is 11.4 Å². The van der Waals surface area contributed by atoms with Gasteiger partial charge in [0.15, 0.2) is 0 Å². The van der Waals surface area contributed by atoms with Gasteiger partial charge in [0.25, 0.3) is 0 Å². The molecule has 0 aromatic heterocycles. The van der Waals surface area contributed by atoms with Crippen LogP contribution in [0, 0.1) is 0 Å². The first-order valence-electron chi connectivity index (χ1n) is 7.89. The zero-order valence-corrected chi connectivity index (χ0v) is 15.4. The van der Waals surface area contributed by atoms with Gasteiger partial charge in [0, 0.05) is 4.83 Å². The van der Waals surface area contributed by atoms with Crippen molar-refractivity contribution in [3.8, 4) is 5.75 Å². The molecular weight excluding hydrogens is 356 g/mol. The second kappa shape index (κ2) is 8.34. The van der Waals surface area contributed by atoms with Crippen molar-refractivity contribution >= 4 is 32.7 Å². The molecule has 0 aliphatic rings. The van der Waals surface area contributed by atoms with E-state index in [2.05, 4.69) is 22.9 Å². The summed E-state index contributed by atoms with van der Waals surface area (Å²) in [6, 6.07) is 12.0. The van der Waals surface area contributed by atoms with Gasteiger partial charge in [-0.05, 0) is 48.2 Å². The first kappa shape index (κ1) is 17.8. The molecule has 0 aliphatic carbocycles. The molecular formula is C19H23BrO3. The molecule has 0 saturated carbocycles. The summed E-state index contributed by atoms with van der Waals surface area (Å²) < 4.78 is 10.6. The van der Waals surface area contributed by atoms with Crippen LogP contribution in [0.2, 0.25) is 0 Å². The third-order valence-corrected chi connectivity index (χ3v) is 4.37. The highest BCUT2D eigenvalue weighted by atomic mass is 79.9. The molecule has 0 radical (unpaired) electrons. The summed E-state index contributed by atoms with van der Waals surface area (Å²) in [7, 11) is 1.66. The van der Waals surface area contributed by atoms with Crippen molar-refractivity contribution in [3.05, 3.63) is 42.0 Å². The standard InChI is InChI=1S/C19H23BrO3/c1-13(20)5-4-10-23-19(21)14(2)15-6-7-17-12-18(22-3)9-8-16(17)11-15/h6-9,11-14H,4-5,10H2,1-3H3/t13?,14-/m1/s1. The average molecular weight is 379 g/mol. The van der Waals surface area contributed by atoms with E-state index in [9.17, 15) is 4.79 Å². The minimum Gasteiger partial charge on any atom is -0.497 e. The van der Waals surface area contributed by atoms with Gasteiger partial charge in [0.05, 0.1) is 19.6 Å². The number of alkyl halides is 1. The quantitative estimate of drug-likeness (QED) is 0.383. The van der Waals surface area contributed by atoms with E-state index in [1.54, 1.807) is 7.11 Å². The Labute approximate surface area is 146 Å². The topological polar surface area (TPSA) is 35.5 Å². The first-order valence-corrected chi connectivity index (χ1v) is 8.81. The lowest BCUT2D eigenvalue weighted by molar-refractivity contribution is -0.145. The Balaban J connectivity index is 2.02. The Morgan fingerprint density at radius 1 is 1.13 bits per heavy atom. The largest absolute Gasteiger partial charge is 0.497 e. The zero-order valence-electron chi connectivity index (χ0n) is 13.8. The average Bonchev–Trinajstić information content (AvgIpc) is 2.56. The number of rotatable bonds is 7. The fraction of sp³-hybridized carbons (Fsp3) is 0.421. The van der Waals surface area contributed by atoms with Crippen LogP contribution in [0.1, 0.15) is 38.2 Å². The monoisotopic (exact) mass is 378 g/mol. The van der Waals surface area contributed by atoms with Crippen molar-refractivity contribution < 1.29 is 14.3 Å². The van der Waals surface area contributed by atoms with E-state index in [-0.39, 0.29) is 11.9 Å². The molecule has 23 heavy (non-hydrogen) atoms. The van der Waals surface area contributed by atoms with Crippen LogP contribution in [0.25, 0.3) is 10.8 Å². The number of benzene rings is 2. The molecule has 1 unspecified atom stereocenters. The maximum Gasteiger partial charge on any atom is 0.313 e. The zero-order chi connectivity index (χ0) is 16.8. The second-order valence-electron chi connectivity index (χ2n) is 5.78. The number of esters is 1. The van der Waals surface area contributed by atoms with Gasteiger partial charge in [0.2, 0.25) is 0 Å². The molecule has 4 heteroatoms. The fourth-order valence-electron chi connectivity index (χ4n) is 2.44. The Morgan fingerprint density at radius 3 is 2.52 bits per heavy atom. The number of carbonyl (C=O) groups is 1. The number of hydrogen-bond acceptors (Lipinski definition) is 3. The molecule has 2 rings (SSSR count). The maximum atomic E-state index is 12.2. The van der Waals surface area contributed by atoms with Crippen molar-refractivity contribution in [3.63, 3.8) is 0 Å². The summed E-state index contributed by atoms with van der Waals surface area (Å²) in [6.45, 7) is 4.46. The van der Waals surface area contributed by atoms with Crippen LogP contribution < -0.4 is 4.74 Å². The van der Waals surface area contributed by atoms with Gasteiger partial charge in [-0.25, -0.2) is 0 Å². The highest BCUT2D eigenvalue weighted by molar-refractivity contribution is 9.09. The van der Waals surface area contributed by atoms with Crippen LogP contribution in [-0.4, -0.2) is 24.5 Å². The van der Waals surface area contributed by atoms with Crippen molar-refractivity contribution in [1.82, 2.24) is 0 Å². The summed E-state index contributed by atoms with van der Waals surface area (Å²) in [4.78, 5) is 12.6. The van der Waals surface area contributed by atoms with Gasteiger partial charge in [-0.1, -0.05) is 47.1 Å². The minimum absolute atomic E-state index is 0.167. The molecule has 0 aliphatic heterocycles. The second-order valence-corrected chi connectivity index (χ2v) is 7.35. The molecule has 0 saturated heterocycles. The third-order valence-electron chi connectivity index (χ3n) is 3.92. The lowest BCUT2D eigenvalue weighted by Gasteiger charge is -2.13. The molecule has 3 nitrogen and oxygen atoms in total. The predicted octanol–water partition coefficient (Wildman–Crippen LogP) is 5.06. The van der Waals surface area contributed by atoms with E-state index < -0.39 is 0 Å². The van der Waals surface area contributed by atoms with E-state index in [1.165, 1.54) is 0 Å². The van der Waals surface area contributed by atoms with Gasteiger partial charge < -0.3 is 9.47 Å². The molecule has 2 atom stereocenters. The Morgan fingerprint density at radius 2 is 1.83 bits per heavy atom. The number of methoxy groups -OCH3 is 1. The van der Waals surface area contributed by atoms with Crippen LogP contribution >= 0.6 is 15.9 Å². The molecule has 2 aromatic carbocycles. The van der Waals surface area contributed by atoms with Crippen molar-refractivity contribution in [2.45, 2.75) is 37.4 Å². The van der Waals surface area contributed by atoms with Gasteiger partial charge >= 0.3 is 5.97 Å². The molecule has 0 heterocycles. The number of hydrogen-bond donors (Lipinski definition) is 0. The van der Waals surface area contributed by atoms with Crippen molar-refractivity contribution in [2.24, 2.45) is 0 Å².